The molecular formula is C17H13ClN4OS. The number of halogens is 1. The van der Waals surface area contributed by atoms with Crippen LogP contribution in [0.2, 0.25) is 5.02 Å². The second-order valence-corrected chi connectivity index (χ2v) is 6.51. The van der Waals surface area contributed by atoms with E-state index in [-0.39, 0.29) is 0 Å². The van der Waals surface area contributed by atoms with Crippen LogP contribution in [0.4, 0.5) is 0 Å². The molecule has 7 heteroatoms. The van der Waals surface area contributed by atoms with Gasteiger partial charge in [0.25, 0.3) is 0 Å². The maximum absolute atomic E-state index is 6.29. The van der Waals surface area contributed by atoms with Crippen LogP contribution in [0, 0.1) is 0 Å². The highest BCUT2D eigenvalue weighted by Crippen LogP contribution is 2.31. The first-order chi connectivity index (χ1) is 11.8. The average Bonchev–Trinajstić information content (AvgIpc) is 3.05. The van der Waals surface area contributed by atoms with Gasteiger partial charge in [0.05, 0.1) is 17.8 Å². The van der Waals surface area contributed by atoms with Gasteiger partial charge < -0.3 is 4.74 Å². The Morgan fingerprint density at radius 3 is 2.62 bits per heavy atom. The molecule has 0 unspecified atom stereocenters. The summed E-state index contributed by atoms with van der Waals surface area (Å²) in [5, 5.41) is 14.6. The number of methoxy groups -OCH3 is 1. The molecule has 1 aliphatic rings. The molecule has 0 radical (unpaired) electrons. The van der Waals surface area contributed by atoms with E-state index < -0.39 is 0 Å². The molecule has 0 atom stereocenters. The van der Waals surface area contributed by atoms with Crippen molar-refractivity contribution in [3.05, 3.63) is 59.1 Å². The molecule has 0 spiro atoms. The lowest BCUT2D eigenvalue weighted by Crippen LogP contribution is -2.13. The quantitative estimate of drug-likeness (QED) is 0.712. The van der Waals surface area contributed by atoms with Gasteiger partial charge in [-0.2, -0.15) is 9.78 Å². The summed E-state index contributed by atoms with van der Waals surface area (Å²) < 4.78 is 6.96. The third kappa shape index (κ3) is 2.68. The number of aromatic nitrogens is 3. The van der Waals surface area contributed by atoms with Crippen LogP contribution < -0.4 is 4.74 Å². The van der Waals surface area contributed by atoms with E-state index in [1.807, 2.05) is 48.5 Å². The van der Waals surface area contributed by atoms with Gasteiger partial charge in [-0.15, -0.1) is 10.2 Å². The average molecular weight is 357 g/mol. The predicted molar refractivity (Wildman–Crippen MR) is 96.1 cm³/mol. The van der Waals surface area contributed by atoms with Gasteiger partial charge in [0.1, 0.15) is 5.75 Å². The summed E-state index contributed by atoms with van der Waals surface area (Å²) in [7, 11) is 1.66. The smallest absolute Gasteiger partial charge is 0.212 e. The Morgan fingerprint density at radius 2 is 1.88 bits per heavy atom. The van der Waals surface area contributed by atoms with Crippen LogP contribution in [-0.2, 0) is 0 Å². The number of hydrogen-bond donors (Lipinski definition) is 0. The maximum atomic E-state index is 6.29. The second-order valence-electron chi connectivity index (χ2n) is 5.16. The van der Waals surface area contributed by atoms with Gasteiger partial charge in [-0.05, 0) is 42.0 Å². The van der Waals surface area contributed by atoms with Crippen molar-refractivity contribution in [2.45, 2.75) is 5.16 Å². The molecule has 0 saturated heterocycles. The minimum absolute atomic E-state index is 0.629. The molecule has 0 fully saturated rings. The fourth-order valence-corrected chi connectivity index (χ4v) is 3.52. The predicted octanol–water partition coefficient (Wildman–Crippen LogP) is 3.97. The molecule has 0 N–H and O–H groups in total. The van der Waals surface area contributed by atoms with E-state index in [1.54, 1.807) is 23.5 Å². The molecule has 0 aliphatic carbocycles. The van der Waals surface area contributed by atoms with Crippen LogP contribution in [0.3, 0.4) is 0 Å². The zero-order chi connectivity index (χ0) is 16.5. The molecule has 1 aliphatic heterocycles. The van der Waals surface area contributed by atoms with Crippen molar-refractivity contribution < 1.29 is 4.74 Å². The summed E-state index contributed by atoms with van der Waals surface area (Å²) in [6.45, 7) is 0. The number of rotatable bonds is 3. The minimum Gasteiger partial charge on any atom is -0.497 e. The van der Waals surface area contributed by atoms with E-state index in [0.29, 0.717) is 10.8 Å². The molecule has 5 nitrogen and oxygen atoms in total. The standard InChI is InChI=1S/C17H13ClN4OS/c1-23-12-8-6-11(7-9-12)15-10-24-17-20-19-16(22(17)21-15)13-4-2-3-5-14(13)18/h2-9H,10H2,1H3. The topological polar surface area (TPSA) is 52.3 Å². The third-order valence-electron chi connectivity index (χ3n) is 3.71. The van der Waals surface area contributed by atoms with Gasteiger partial charge in [-0.1, -0.05) is 35.5 Å². The van der Waals surface area contributed by atoms with Crippen molar-refractivity contribution in [1.29, 1.82) is 0 Å². The molecule has 2 aromatic carbocycles. The van der Waals surface area contributed by atoms with Gasteiger partial charge >= 0.3 is 0 Å². The van der Waals surface area contributed by atoms with E-state index in [2.05, 4.69) is 10.2 Å². The van der Waals surface area contributed by atoms with Gasteiger partial charge in [-0.3, -0.25) is 0 Å². The normalized spacial score (nSPS) is 13.3. The Morgan fingerprint density at radius 1 is 1.08 bits per heavy atom. The minimum atomic E-state index is 0.629. The van der Waals surface area contributed by atoms with Crippen molar-refractivity contribution >= 4 is 29.1 Å². The van der Waals surface area contributed by atoms with Crippen molar-refractivity contribution in [3.8, 4) is 17.1 Å². The van der Waals surface area contributed by atoms with E-state index in [1.165, 1.54) is 0 Å². The Labute approximate surface area is 148 Å². The summed E-state index contributed by atoms with van der Waals surface area (Å²) in [4.78, 5) is 0. The molecule has 4 rings (SSSR count). The molecule has 0 bridgehead atoms. The Bertz CT molecular complexity index is 921. The fraction of sp³-hybridized carbons (Fsp3) is 0.118. The van der Waals surface area contributed by atoms with Crippen LogP contribution in [0.1, 0.15) is 5.56 Å². The largest absolute Gasteiger partial charge is 0.497 e. The summed E-state index contributed by atoms with van der Waals surface area (Å²) >= 11 is 7.90. The van der Waals surface area contributed by atoms with Crippen LogP contribution >= 0.6 is 23.4 Å². The first kappa shape index (κ1) is 15.2. The monoisotopic (exact) mass is 356 g/mol. The Balaban J connectivity index is 1.77. The summed E-state index contributed by atoms with van der Waals surface area (Å²) in [5.41, 5.74) is 2.83. The van der Waals surface area contributed by atoms with Gasteiger partial charge in [0.15, 0.2) is 5.82 Å². The molecule has 3 aromatic rings. The molecule has 2 heterocycles. The lowest BCUT2D eigenvalue weighted by molar-refractivity contribution is 0.415. The highest BCUT2D eigenvalue weighted by atomic mass is 35.5. The molecule has 120 valence electrons. The van der Waals surface area contributed by atoms with Gasteiger partial charge in [0.2, 0.25) is 5.16 Å². The van der Waals surface area contributed by atoms with Crippen LogP contribution in [0.25, 0.3) is 11.4 Å². The SMILES string of the molecule is COc1ccc(C2=Nn3c(nnc3-c3ccccc3Cl)SC2)cc1. The van der Waals surface area contributed by atoms with E-state index in [4.69, 9.17) is 21.4 Å². The van der Waals surface area contributed by atoms with E-state index in [9.17, 15) is 0 Å². The van der Waals surface area contributed by atoms with Gasteiger partial charge in [0, 0.05) is 11.3 Å². The number of fused-ring (bicyclic) bond motifs is 1. The second kappa shape index (κ2) is 6.30. The van der Waals surface area contributed by atoms with Gasteiger partial charge in [-0.25, -0.2) is 0 Å². The van der Waals surface area contributed by atoms with Crippen molar-refractivity contribution in [2.75, 3.05) is 12.9 Å². The molecule has 0 saturated carbocycles. The molecular weight excluding hydrogens is 344 g/mol. The summed E-state index contributed by atoms with van der Waals surface area (Å²) in [6, 6.07) is 15.4. The Hall–Kier alpha value is -2.31. The highest BCUT2D eigenvalue weighted by molar-refractivity contribution is 7.99. The highest BCUT2D eigenvalue weighted by Gasteiger charge is 2.21. The molecule has 24 heavy (non-hydrogen) atoms. The van der Waals surface area contributed by atoms with Crippen LogP contribution in [0.5, 0.6) is 5.75 Å². The summed E-state index contributed by atoms with van der Waals surface area (Å²) in [6.07, 6.45) is 0. The first-order valence-electron chi connectivity index (χ1n) is 7.31. The summed E-state index contributed by atoms with van der Waals surface area (Å²) in [5.74, 6) is 2.21. The van der Waals surface area contributed by atoms with E-state index >= 15 is 0 Å². The number of nitrogens with zero attached hydrogens (tertiary/aromatic N) is 4. The number of benzene rings is 2. The zero-order valence-corrected chi connectivity index (χ0v) is 14.4. The lowest BCUT2D eigenvalue weighted by Gasteiger charge is -2.14. The Kier molecular flexibility index (Phi) is 4.00. The lowest BCUT2D eigenvalue weighted by atomic mass is 10.1. The van der Waals surface area contributed by atoms with Crippen LogP contribution in [0.15, 0.2) is 58.8 Å². The number of thioether (sulfide) groups is 1. The van der Waals surface area contributed by atoms with Crippen molar-refractivity contribution in [2.24, 2.45) is 5.10 Å². The number of hydrogen-bond acceptors (Lipinski definition) is 5. The van der Waals surface area contributed by atoms with E-state index in [0.717, 1.165) is 33.5 Å². The number of ether oxygens (including phenoxy) is 1. The van der Waals surface area contributed by atoms with Crippen LogP contribution in [-0.4, -0.2) is 33.4 Å². The molecule has 0 amide bonds. The van der Waals surface area contributed by atoms with Crippen molar-refractivity contribution in [3.63, 3.8) is 0 Å². The van der Waals surface area contributed by atoms with Crippen molar-refractivity contribution in [1.82, 2.24) is 14.9 Å². The fourth-order valence-electron chi connectivity index (χ4n) is 2.46. The zero-order valence-electron chi connectivity index (χ0n) is 12.8. The third-order valence-corrected chi connectivity index (χ3v) is 4.97. The molecule has 1 aromatic heterocycles. The maximum Gasteiger partial charge on any atom is 0.212 e. The first-order valence-corrected chi connectivity index (χ1v) is 8.68.